The number of benzene rings is 3. The van der Waals surface area contributed by atoms with E-state index in [1.807, 2.05) is 63.2 Å². The monoisotopic (exact) mass is 358 g/mol. The zero-order chi connectivity index (χ0) is 19.4. The van der Waals surface area contributed by atoms with Gasteiger partial charge in [0.2, 0.25) is 5.78 Å². The smallest absolute Gasteiger partial charge is 0.339 e. The predicted molar refractivity (Wildman–Crippen MR) is 106 cm³/mol. The second-order valence-corrected chi connectivity index (χ2v) is 6.80. The highest BCUT2D eigenvalue weighted by Gasteiger charge is 2.26. The number of rotatable bonds is 5. The van der Waals surface area contributed by atoms with Gasteiger partial charge in [-0.15, -0.1) is 0 Å². The maximum Gasteiger partial charge on any atom is 0.339 e. The molecule has 0 fully saturated rings. The van der Waals surface area contributed by atoms with Crippen molar-refractivity contribution in [3.63, 3.8) is 0 Å². The van der Waals surface area contributed by atoms with Crippen LogP contribution < -0.4 is 0 Å². The highest BCUT2D eigenvalue weighted by atomic mass is 16.5. The number of ether oxygens (including phenoxy) is 1. The van der Waals surface area contributed by atoms with E-state index in [-0.39, 0.29) is 5.78 Å². The molecule has 136 valence electrons. The lowest BCUT2D eigenvalue weighted by atomic mass is 9.98. The maximum absolute atomic E-state index is 13.1. The molecule has 0 radical (unpaired) electrons. The van der Waals surface area contributed by atoms with Gasteiger partial charge in [0.25, 0.3) is 0 Å². The van der Waals surface area contributed by atoms with Gasteiger partial charge in [0.15, 0.2) is 6.10 Å². The standard InChI is InChI=1S/C24H22O3/c1-16-7-11-19(12-8-16)22(25)23(20-13-9-17(2)10-14-20)27-24(26)21-6-4-5-18(3)15-21/h4-15,23H,1-3H3/t23-/m0/s1. The molecule has 0 unspecified atom stereocenters. The van der Waals surface area contributed by atoms with Crippen LogP contribution in [0.1, 0.15) is 49.1 Å². The number of esters is 1. The Labute approximate surface area is 159 Å². The molecule has 3 aromatic rings. The first-order chi connectivity index (χ1) is 12.9. The van der Waals surface area contributed by atoms with E-state index in [0.29, 0.717) is 16.7 Å². The van der Waals surface area contributed by atoms with Crippen LogP contribution in [0.2, 0.25) is 0 Å². The van der Waals surface area contributed by atoms with Crippen molar-refractivity contribution in [3.05, 3.63) is 106 Å². The average Bonchev–Trinajstić information content (AvgIpc) is 2.67. The number of carbonyl (C=O) groups is 2. The minimum absolute atomic E-state index is 0.236. The van der Waals surface area contributed by atoms with E-state index in [0.717, 1.165) is 16.7 Å². The minimum atomic E-state index is -0.985. The fourth-order valence-electron chi connectivity index (χ4n) is 2.83. The third-order valence-corrected chi connectivity index (χ3v) is 4.43. The van der Waals surface area contributed by atoms with Crippen molar-refractivity contribution in [2.45, 2.75) is 26.9 Å². The summed E-state index contributed by atoms with van der Waals surface area (Å²) in [6.07, 6.45) is -0.985. The molecule has 0 heterocycles. The number of hydrogen-bond donors (Lipinski definition) is 0. The Bertz CT molecular complexity index is 954. The molecule has 0 aliphatic carbocycles. The van der Waals surface area contributed by atoms with Crippen LogP contribution in [0.3, 0.4) is 0 Å². The SMILES string of the molecule is Cc1ccc(C(=O)[C@@H](OC(=O)c2cccc(C)c2)c2ccc(C)cc2)cc1. The molecule has 0 aliphatic heterocycles. The van der Waals surface area contributed by atoms with Crippen molar-refractivity contribution in [1.29, 1.82) is 0 Å². The van der Waals surface area contributed by atoms with Crippen LogP contribution in [-0.4, -0.2) is 11.8 Å². The van der Waals surface area contributed by atoms with Gasteiger partial charge in [-0.25, -0.2) is 4.79 Å². The molecule has 3 aromatic carbocycles. The van der Waals surface area contributed by atoms with Crippen molar-refractivity contribution >= 4 is 11.8 Å². The van der Waals surface area contributed by atoms with Crippen molar-refractivity contribution in [2.24, 2.45) is 0 Å². The lowest BCUT2D eigenvalue weighted by Gasteiger charge is -2.18. The van der Waals surface area contributed by atoms with Gasteiger partial charge in [-0.1, -0.05) is 77.4 Å². The molecule has 1 atom stereocenters. The van der Waals surface area contributed by atoms with Gasteiger partial charge in [0.1, 0.15) is 0 Å². The van der Waals surface area contributed by atoms with E-state index in [4.69, 9.17) is 4.74 Å². The Kier molecular flexibility index (Phi) is 5.51. The van der Waals surface area contributed by atoms with E-state index in [9.17, 15) is 9.59 Å². The highest BCUT2D eigenvalue weighted by Crippen LogP contribution is 2.25. The molecule has 0 saturated carbocycles. The topological polar surface area (TPSA) is 43.4 Å². The fraction of sp³-hybridized carbons (Fsp3) is 0.167. The Morgan fingerprint density at radius 1 is 0.704 bits per heavy atom. The second-order valence-electron chi connectivity index (χ2n) is 6.80. The molecule has 3 heteroatoms. The first-order valence-corrected chi connectivity index (χ1v) is 8.89. The molecule has 0 amide bonds. The summed E-state index contributed by atoms with van der Waals surface area (Å²) in [5, 5.41) is 0. The van der Waals surface area contributed by atoms with Gasteiger partial charge >= 0.3 is 5.97 Å². The molecule has 0 N–H and O–H groups in total. The first-order valence-electron chi connectivity index (χ1n) is 8.89. The molecular formula is C24H22O3. The lowest BCUT2D eigenvalue weighted by Crippen LogP contribution is -2.20. The third kappa shape index (κ3) is 4.50. The summed E-state index contributed by atoms with van der Waals surface area (Å²) < 4.78 is 5.68. The van der Waals surface area contributed by atoms with Gasteiger partial charge in [0, 0.05) is 11.1 Å². The molecule has 0 aromatic heterocycles. The fourth-order valence-corrected chi connectivity index (χ4v) is 2.83. The molecular weight excluding hydrogens is 336 g/mol. The Hall–Kier alpha value is -3.20. The average molecular weight is 358 g/mol. The number of carbonyl (C=O) groups excluding carboxylic acids is 2. The summed E-state index contributed by atoms with van der Waals surface area (Å²) >= 11 is 0. The van der Waals surface area contributed by atoms with Crippen LogP contribution >= 0.6 is 0 Å². The van der Waals surface area contributed by atoms with Crippen LogP contribution in [0.25, 0.3) is 0 Å². The van der Waals surface area contributed by atoms with Crippen LogP contribution in [0.4, 0.5) is 0 Å². The number of hydrogen-bond acceptors (Lipinski definition) is 3. The maximum atomic E-state index is 13.1. The molecule has 0 saturated heterocycles. The Morgan fingerprint density at radius 3 is 1.89 bits per heavy atom. The molecule has 0 bridgehead atoms. The minimum Gasteiger partial charge on any atom is -0.445 e. The van der Waals surface area contributed by atoms with Crippen LogP contribution in [0.5, 0.6) is 0 Å². The van der Waals surface area contributed by atoms with E-state index in [1.165, 1.54) is 0 Å². The number of ketones is 1. The summed E-state index contributed by atoms with van der Waals surface area (Å²) in [6, 6.07) is 21.9. The van der Waals surface area contributed by atoms with Crippen LogP contribution in [-0.2, 0) is 4.74 Å². The van der Waals surface area contributed by atoms with Crippen LogP contribution in [0, 0.1) is 20.8 Å². The van der Waals surface area contributed by atoms with E-state index < -0.39 is 12.1 Å². The zero-order valence-corrected chi connectivity index (χ0v) is 15.7. The summed E-state index contributed by atoms with van der Waals surface area (Å²) in [6.45, 7) is 5.84. The van der Waals surface area contributed by atoms with Gasteiger partial charge < -0.3 is 4.74 Å². The van der Waals surface area contributed by atoms with E-state index in [1.54, 1.807) is 30.3 Å². The highest BCUT2D eigenvalue weighted by molar-refractivity contribution is 6.02. The quantitative estimate of drug-likeness (QED) is 0.453. The van der Waals surface area contributed by atoms with Crippen molar-refractivity contribution < 1.29 is 14.3 Å². The van der Waals surface area contributed by atoms with E-state index in [2.05, 4.69) is 0 Å². The second kappa shape index (κ2) is 8.00. The van der Waals surface area contributed by atoms with Gasteiger partial charge in [-0.2, -0.15) is 0 Å². The summed E-state index contributed by atoms with van der Waals surface area (Å²) in [7, 11) is 0. The first kappa shape index (κ1) is 18.6. The molecule has 27 heavy (non-hydrogen) atoms. The third-order valence-electron chi connectivity index (χ3n) is 4.43. The number of Topliss-reactive ketones (excluding diaryl/α,β-unsaturated/α-hetero) is 1. The predicted octanol–water partition coefficient (Wildman–Crippen LogP) is 5.39. The zero-order valence-electron chi connectivity index (χ0n) is 15.7. The summed E-state index contributed by atoms with van der Waals surface area (Å²) in [5.74, 6) is -0.746. The molecule has 3 rings (SSSR count). The van der Waals surface area contributed by atoms with Crippen molar-refractivity contribution in [1.82, 2.24) is 0 Å². The molecule has 3 nitrogen and oxygen atoms in total. The Balaban J connectivity index is 1.94. The summed E-state index contributed by atoms with van der Waals surface area (Å²) in [5.41, 5.74) is 4.71. The van der Waals surface area contributed by atoms with Gasteiger partial charge in [-0.3, -0.25) is 4.79 Å². The Morgan fingerprint density at radius 2 is 1.30 bits per heavy atom. The normalized spacial score (nSPS) is 11.7. The van der Waals surface area contributed by atoms with Gasteiger partial charge in [-0.05, 0) is 32.9 Å². The van der Waals surface area contributed by atoms with Crippen molar-refractivity contribution in [3.8, 4) is 0 Å². The van der Waals surface area contributed by atoms with Crippen molar-refractivity contribution in [2.75, 3.05) is 0 Å². The summed E-state index contributed by atoms with van der Waals surface area (Å²) in [4.78, 5) is 25.8. The largest absolute Gasteiger partial charge is 0.445 e. The molecule has 0 aliphatic rings. The van der Waals surface area contributed by atoms with E-state index >= 15 is 0 Å². The van der Waals surface area contributed by atoms with Gasteiger partial charge in [0.05, 0.1) is 5.56 Å². The lowest BCUT2D eigenvalue weighted by molar-refractivity contribution is 0.0280. The molecule has 0 spiro atoms. The number of aryl methyl sites for hydroxylation is 3. The van der Waals surface area contributed by atoms with Crippen LogP contribution in [0.15, 0.2) is 72.8 Å².